The summed E-state index contributed by atoms with van der Waals surface area (Å²) in [6.45, 7) is 4.59. The van der Waals surface area contributed by atoms with Gasteiger partial charge in [0, 0.05) is 12.5 Å². The van der Waals surface area contributed by atoms with E-state index in [1.54, 1.807) is 12.1 Å². The Labute approximate surface area is 86.8 Å². The van der Waals surface area contributed by atoms with Crippen LogP contribution in [0, 0.1) is 0 Å². The number of para-hydroxylation sites is 1. The number of carbonyl (C=O) groups is 2. The second-order valence-electron chi connectivity index (χ2n) is 2.83. The van der Waals surface area contributed by atoms with Crippen LogP contribution in [0.25, 0.3) is 6.08 Å². The van der Waals surface area contributed by atoms with Crippen molar-refractivity contribution >= 4 is 18.0 Å². The second kappa shape index (κ2) is 4.41. The first-order chi connectivity index (χ1) is 7.06. The molecule has 0 fully saturated rings. The lowest BCUT2D eigenvalue weighted by Gasteiger charge is -2.05. The maximum Gasteiger partial charge on any atom is 0.349 e. The van der Waals surface area contributed by atoms with Crippen LogP contribution in [-0.2, 0) is 9.53 Å². The number of phenols is 1. The zero-order valence-electron chi connectivity index (χ0n) is 8.19. The van der Waals surface area contributed by atoms with E-state index in [1.807, 2.05) is 0 Å². The van der Waals surface area contributed by atoms with Gasteiger partial charge in [0.05, 0.1) is 0 Å². The average molecular weight is 206 g/mol. The van der Waals surface area contributed by atoms with E-state index in [1.165, 1.54) is 12.1 Å². The van der Waals surface area contributed by atoms with Gasteiger partial charge in [-0.1, -0.05) is 24.8 Å². The van der Waals surface area contributed by atoms with Gasteiger partial charge in [-0.3, -0.25) is 4.79 Å². The zero-order chi connectivity index (χ0) is 11.4. The summed E-state index contributed by atoms with van der Waals surface area (Å²) in [5.74, 6) is -1.83. The molecular formula is C11H10O4. The molecule has 1 rings (SSSR count). The van der Waals surface area contributed by atoms with Crippen LogP contribution in [0.3, 0.4) is 0 Å². The van der Waals surface area contributed by atoms with Gasteiger partial charge in [-0.15, -0.1) is 0 Å². The smallest absolute Gasteiger partial charge is 0.349 e. The number of benzene rings is 1. The van der Waals surface area contributed by atoms with E-state index < -0.39 is 11.9 Å². The molecule has 0 heterocycles. The summed E-state index contributed by atoms with van der Waals surface area (Å²) in [6, 6.07) is 4.52. The van der Waals surface area contributed by atoms with Crippen molar-refractivity contribution in [2.24, 2.45) is 0 Å². The third-order valence-corrected chi connectivity index (χ3v) is 1.74. The van der Waals surface area contributed by atoms with Crippen molar-refractivity contribution in [3.63, 3.8) is 0 Å². The van der Waals surface area contributed by atoms with Gasteiger partial charge in [0.15, 0.2) is 0 Å². The number of rotatable bonds is 2. The van der Waals surface area contributed by atoms with Gasteiger partial charge in [-0.05, 0) is 6.07 Å². The third kappa shape index (κ3) is 2.43. The number of carbonyl (C=O) groups excluding carboxylic acids is 2. The molecule has 0 radical (unpaired) electrons. The van der Waals surface area contributed by atoms with Gasteiger partial charge < -0.3 is 9.84 Å². The van der Waals surface area contributed by atoms with Gasteiger partial charge in [-0.25, -0.2) is 4.79 Å². The summed E-state index contributed by atoms with van der Waals surface area (Å²) < 4.78 is 4.34. The van der Waals surface area contributed by atoms with Crippen molar-refractivity contribution in [1.82, 2.24) is 0 Å². The Hall–Kier alpha value is -2.10. The van der Waals surface area contributed by atoms with E-state index in [2.05, 4.69) is 11.3 Å². The fourth-order valence-corrected chi connectivity index (χ4v) is 1.08. The summed E-state index contributed by atoms with van der Waals surface area (Å²) in [5.41, 5.74) is 0.357. The van der Waals surface area contributed by atoms with Crippen molar-refractivity contribution in [3.05, 3.63) is 35.9 Å². The Morgan fingerprint density at radius 2 is 2.13 bits per heavy atom. The Morgan fingerprint density at radius 3 is 2.67 bits per heavy atom. The van der Waals surface area contributed by atoms with Crippen molar-refractivity contribution in [2.45, 2.75) is 6.92 Å². The first-order valence-electron chi connectivity index (χ1n) is 4.23. The summed E-state index contributed by atoms with van der Waals surface area (Å²) >= 11 is 0. The molecule has 0 amide bonds. The fourth-order valence-electron chi connectivity index (χ4n) is 1.08. The van der Waals surface area contributed by atoms with Crippen molar-refractivity contribution < 1.29 is 19.4 Å². The normalized spacial score (nSPS) is 9.40. The summed E-state index contributed by atoms with van der Waals surface area (Å²) in [6.07, 6.45) is 1.40. The molecule has 1 aromatic rings. The Bertz CT molecular complexity index is 421. The van der Waals surface area contributed by atoms with Crippen molar-refractivity contribution in [1.29, 1.82) is 0 Å². The maximum absolute atomic E-state index is 11.3. The Morgan fingerprint density at radius 1 is 1.47 bits per heavy atom. The van der Waals surface area contributed by atoms with Crippen LogP contribution in [0.15, 0.2) is 24.8 Å². The van der Waals surface area contributed by atoms with Gasteiger partial charge in [0.1, 0.15) is 11.3 Å². The van der Waals surface area contributed by atoms with Crippen LogP contribution >= 0.6 is 0 Å². The highest BCUT2D eigenvalue weighted by Gasteiger charge is 2.15. The topological polar surface area (TPSA) is 63.6 Å². The Kier molecular flexibility index (Phi) is 3.23. The number of aromatic hydroxyl groups is 1. The molecule has 0 atom stereocenters. The van der Waals surface area contributed by atoms with Crippen LogP contribution in [0.1, 0.15) is 22.8 Å². The van der Waals surface area contributed by atoms with Crippen LogP contribution in [0.4, 0.5) is 0 Å². The molecule has 0 unspecified atom stereocenters. The number of hydrogen-bond donors (Lipinski definition) is 1. The standard InChI is InChI=1S/C11H10O4/c1-3-8-5-4-6-9(10(8)13)11(14)15-7(2)12/h3-6,13H,1H2,2H3. The molecule has 0 saturated carbocycles. The highest BCUT2D eigenvalue weighted by atomic mass is 16.6. The van der Waals surface area contributed by atoms with Crippen LogP contribution in [-0.4, -0.2) is 17.0 Å². The molecule has 4 heteroatoms. The molecular weight excluding hydrogens is 196 g/mol. The van der Waals surface area contributed by atoms with Gasteiger partial charge >= 0.3 is 11.9 Å². The molecule has 15 heavy (non-hydrogen) atoms. The summed E-state index contributed by atoms with van der Waals surface area (Å²) in [5, 5.41) is 9.59. The lowest BCUT2D eigenvalue weighted by molar-refractivity contribution is -0.135. The summed E-state index contributed by atoms with van der Waals surface area (Å²) in [4.78, 5) is 21.9. The molecule has 1 aromatic carbocycles. The number of esters is 2. The molecule has 0 aliphatic rings. The first-order valence-corrected chi connectivity index (χ1v) is 4.23. The number of phenolic OH excluding ortho intramolecular Hbond substituents is 1. The molecule has 0 aliphatic carbocycles. The largest absolute Gasteiger partial charge is 0.506 e. The monoisotopic (exact) mass is 206 g/mol. The van der Waals surface area contributed by atoms with Gasteiger partial charge in [0.2, 0.25) is 0 Å². The highest BCUT2D eigenvalue weighted by molar-refractivity contribution is 5.99. The quantitative estimate of drug-likeness (QED) is 0.591. The van der Waals surface area contributed by atoms with Gasteiger partial charge in [-0.2, -0.15) is 0 Å². The number of hydrogen-bond acceptors (Lipinski definition) is 4. The van der Waals surface area contributed by atoms with Crippen molar-refractivity contribution in [2.75, 3.05) is 0 Å². The zero-order valence-corrected chi connectivity index (χ0v) is 8.19. The molecule has 0 aliphatic heterocycles. The molecule has 78 valence electrons. The minimum absolute atomic E-state index is 0.0531. The minimum Gasteiger partial charge on any atom is -0.506 e. The lowest BCUT2D eigenvalue weighted by atomic mass is 10.1. The average Bonchev–Trinajstić information content (AvgIpc) is 2.17. The van der Waals surface area contributed by atoms with E-state index in [4.69, 9.17) is 0 Å². The van der Waals surface area contributed by atoms with Gasteiger partial charge in [0.25, 0.3) is 0 Å². The third-order valence-electron chi connectivity index (χ3n) is 1.74. The lowest BCUT2D eigenvalue weighted by Crippen LogP contribution is -2.09. The predicted molar refractivity (Wildman–Crippen MR) is 54.3 cm³/mol. The molecule has 4 nitrogen and oxygen atoms in total. The van der Waals surface area contributed by atoms with E-state index in [9.17, 15) is 14.7 Å². The Balaban J connectivity index is 3.09. The first kappa shape index (κ1) is 11.0. The molecule has 1 N–H and O–H groups in total. The maximum atomic E-state index is 11.3. The SMILES string of the molecule is C=Cc1cccc(C(=O)OC(C)=O)c1O. The van der Waals surface area contributed by atoms with Crippen LogP contribution in [0.5, 0.6) is 5.75 Å². The predicted octanol–water partition coefficient (Wildman–Crippen LogP) is 1.74. The summed E-state index contributed by atoms with van der Waals surface area (Å²) in [7, 11) is 0. The number of ether oxygens (including phenoxy) is 1. The molecule has 0 aromatic heterocycles. The second-order valence-corrected chi connectivity index (χ2v) is 2.83. The van der Waals surface area contributed by atoms with E-state index >= 15 is 0 Å². The van der Waals surface area contributed by atoms with Crippen molar-refractivity contribution in [3.8, 4) is 5.75 Å². The molecule has 0 bridgehead atoms. The highest BCUT2D eigenvalue weighted by Crippen LogP contribution is 2.23. The van der Waals surface area contributed by atoms with E-state index in [0.29, 0.717) is 5.56 Å². The van der Waals surface area contributed by atoms with E-state index in [0.717, 1.165) is 6.92 Å². The van der Waals surface area contributed by atoms with E-state index in [-0.39, 0.29) is 11.3 Å². The van der Waals surface area contributed by atoms with Crippen LogP contribution < -0.4 is 0 Å². The molecule has 0 spiro atoms. The minimum atomic E-state index is -0.872. The fraction of sp³-hybridized carbons (Fsp3) is 0.0909. The molecule has 0 saturated heterocycles. The van der Waals surface area contributed by atoms with Crippen LogP contribution in [0.2, 0.25) is 0 Å².